The molecule has 17 heavy (non-hydrogen) atoms. The van der Waals surface area contributed by atoms with Crippen molar-refractivity contribution >= 4 is 9.84 Å². The van der Waals surface area contributed by atoms with Gasteiger partial charge >= 0.3 is 0 Å². The van der Waals surface area contributed by atoms with Crippen LogP contribution in [0.5, 0.6) is 0 Å². The summed E-state index contributed by atoms with van der Waals surface area (Å²) >= 11 is 0. The van der Waals surface area contributed by atoms with Crippen molar-refractivity contribution in [3.63, 3.8) is 0 Å². The molecule has 0 heterocycles. The standard InChI is InChI=1S/C13H21NO2S/c1-10-5-6-11(2)12(7-10)17(15,16)9-13(3,4)8-14/h5-7H,8-9,14H2,1-4H3. The lowest BCUT2D eigenvalue weighted by Crippen LogP contribution is -2.32. The third-order valence-electron chi connectivity index (χ3n) is 2.81. The molecular weight excluding hydrogens is 234 g/mol. The third-order valence-corrected chi connectivity index (χ3v) is 5.08. The summed E-state index contributed by atoms with van der Waals surface area (Å²) in [5.74, 6) is 0.0841. The Kier molecular flexibility index (Phi) is 3.99. The first-order valence-electron chi connectivity index (χ1n) is 5.68. The lowest BCUT2D eigenvalue weighted by Gasteiger charge is -2.22. The van der Waals surface area contributed by atoms with Gasteiger partial charge in [0, 0.05) is 0 Å². The van der Waals surface area contributed by atoms with Crippen LogP contribution >= 0.6 is 0 Å². The summed E-state index contributed by atoms with van der Waals surface area (Å²) < 4.78 is 24.6. The highest BCUT2D eigenvalue weighted by Crippen LogP contribution is 2.24. The van der Waals surface area contributed by atoms with Gasteiger partial charge in [-0.1, -0.05) is 26.0 Å². The average Bonchev–Trinajstić information content (AvgIpc) is 2.20. The molecule has 0 atom stereocenters. The van der Waals surface area contributed by atoms with Crippen LogP contribution in [0.4, 0.5) is 0 Å². The molecule has 0 spiro atoms. The van der Waals surface area contributed by atoms with Gasteiger partial charge in [0.1, 0.15) is 0 Å². The van der Waals surface area contributed by atoms with E-state index in [2.05, 4.69) is 0 Å². The molecule has 3 nitrogen and oxygen atoms in total. The summed E-state index contributed by atoms with van der Waals surface area (Å²) in [5, 5.41) is 0. The Morgan fingerprint density at radius 2 is 1.82 bits per heavy atom. The van der Waals surface area contributed by atoms with Crippen molar-refractivity contribution in [3.8, 4) is 0 Å². The molecule has 0 saturated heterocycles. The van der Waals surface area contributed by atoms with E-state index in [1.54, 1.807) is 6.07 Å². The van der Waals surface area contributed by atoms with Crippen molar-refractivity contribution in [2.45, 2.75) is 32.6 Å². The monoisotopic (exact) mass is 255 g/mol. The van der Waals surface area contributed by atoms with Crippen LogP contribution in [-0.2, 0) is 9.84 Å². The molecule has 1 aromatic carbocycles. The predicted molar refractivity (Wildman–Crippen MR) is 70.8 cm³/mol. The van der Waals surface area contributed by atoms with Crippen molar-refractivity contribution < 1.29 is 8.42 Å². The third kappa shape index (κ3) is 3.54. The Morgan fingerprint density at radius 3 is 2.35 bits per heavy atom. The van der Waals surface area contributed by atoms with Gasteiger partial charge in [0.15, 0.2) is 9.84 Å². The molecule has 96 valence electrons. The second kappa shape index (κ2) is 4.78. The Bertz CT molecular complexity index is 504. The number of nitrogens with two attached hydrogens (primary N) is 1. The van der Waals surface area contributed by atoms with Crippen LogP contribution in [0.3, 0.4) is 0 Å². The van der Waals surface area contributed by atoms with E-state index >= 15 is 0 Å². The lowest BCUT2D eigenvalue weighted by atomic mass is 9.97. The van der Waals surface area contributed by atoms with E-state index in [1.165, 1.54) is 0 Å². The molecule has 0 fully saturated rings. The van der Waals surface area contributed by atoms with Crippen molar-refractivity contribution in [2.75, 3.05) is 12.3 Å². The fourth-order valence-electron chi connectivity index (χ4n) is 1.69. The van der Waals surface area contributed by atoms with Gasteiger partial charge in [-0.15, -0.1) is 0 Å². The molecular formula is C13H21NO2S. The van der Waals surface area contributed by atoms with E-state index in [0.717, 1.165) is 11.1 Å². The van der Waals surface area contributed by atoms with Crippen LogP contribution in [0.2, 0.25) is 0 Å². The fraction of sp³-hybridized carbons (Fsp3) is 0.538. The van der Waals surface area contributed by atoms with Gasteiger partial charge in [-0.25, -0.2) is 8.42 Å². The van der Waals surface area contributed by atoms with E-state index in [4.69, 9.17) is 5.73 Å². The van der Waals surface area contributed by atoms with Gasteiger partial charge in [-0.2, -0.15) is 0 Å². The van der Waals surface area contributed by atoms with Crippen molar-refractivity contribution in [3.05, 3.63) is 29.3 Å². The van der Waals surface area contributed by atoms with Crippen LogP contribution in [0.25, 0.3) is 0 Å². The summed E-state index contributed by atoms with van der Waals surface area (Å²) in [6, 6.07) is 5.50. The van der Waals surface area contributed by atoms with Crippen LogP contribution in [0, 0.1) is 19.3 Å². The van der Waals surface area contributed by atoms with Gasteiger partial charge in [-0.05, 0) is 43.0 Å². The molecule has 0 radical (unpaired) electrons. The predicted octanol–water partition coefficient (Wildman–Crippen LogP) is 2.06. The average molecular weight is 255 g/mol. The van der Waals surface area contributed by atoms with E-state index in [1.807, 2.05) is 39.8 Å². The number of hydrogen-bond donors (Lipinski definition) is 1. The highest BCUT2D eigenvalue weighted by atomic mass is 32.2. The summed E-state index contributed by atoms with van der Waals surface area (Å²) in [6.45, 7) is 7.82. The minimum atomic E-state index is -3.26. The highest BCUT2D eigenvalue weighted by molar-refractivity contribution is 7.91. The summed E-state index contributed by atoms with van der Waals surface area (Å²) in [6.07, 6.45) is 0. The first kappa shape index (κ1) is 14.2. The first-order valence-corrected chi connectivity index (χ1v) is 7.33. The Balaban J connectivity index is 3.18. The summed E-state index contributed by atoms with van der Waals surface area (Å²) in [4.78, 5) is 0.430. The lowest BCUT2D eigenvalue weighted by molar-refractivity contribution is 0.425. The first-order chi connectivity index (χ1) is 7.68. The van der Waals surface area contributed by atoms with Gasteiger partial charge in [0.05, 0.1) is 10.6 Å². The largest absolute Gasteiger partial charge is 0.330 e. The number of rotatable bonds is 4. The number of aryl methyl sites for hydroxylation is 2. The molecule has 0 unspecified atom stereocenters. The molecule has 0 bridgehead atoms. The van der Waals surface area contributed by atoms with Crippen LogP contribution < -0.4 is 5.73 Å². The molecule has 4 heteroatoms. The van der Waals surface area contributed by atoms with Crippen molar-refractivity contribution in [1.29, 1.82) is 0 Å². The van der Waals surface area contributed by atoms with Gasteiger partial charge in [0.2, 0.25) is 0 Å². The Morgan fingerprint density at radius 1 is 1.24 bits per heavy atom. The SMILES string of the molecule is Cc1ccc(C)c(S(=O)(=O)CC(C)(C)CN)c1. The second-order valence-corrected chi connectivity index (χ2v) is 7.35. The summed E-state index contributed by atoms with van der Waals surface area (Å²) in [7, 11) is -3.26. The molecule has 1 rings (SSSR count). The van der Waals surface area contributed by atoms with Gasteiger partial charge in [-0.3, -0.25) is 0 Å². The van der Waals surface area contributed by atoms with Crippen molar-refractivity contribution in [1.82, 2.24) is 0 Å². The number of hydrogen-bond acceptors (Lipinski definition) is 3. The topological polar surface area (TPSA) is 60.2 Å². The normalized spacial score (nSPS) is 12.8. The maximum Gasteiger partial charge on any atom is 0.179 e. The zero-order valence-electron chi connectivity index (χ0n) is 10.9. The van der Waals surface area contributed by atoms with Gasteiger partial charge < -0.3 is 5.73 Å². The second-order valence-electron chi connectivity index (χ2n) is 5.40. The Hall–Kier alpha value is -0.870. The van der Waals surface area contributed by atoms with Crippen molar-refractivity contribution in [2.24, 2.45) is 11.1 Å². The minimum absolute atomic E-state index is 0.0841. The highest BCUT2D eigenvalue weighted by Gasteiger charge is 2.27. The van der Waals surface area contributed by atoms with Crippen LogP contribution in [0.15, 0.2) is 23.1 Å². The van der Waals surface area contributed by atoms with Gasteiger partial charge in [0.25, 0.3) is 0 Å². The van der Waals surface area contributed by atoms with E-state index < -0.39 is 15.3 Å². The molecule has 0 amide bonds. The Labute approximate surface area is 104 Å². The van der Waals surface area contributed by atoms with E-state index in [0.29, 0.717) is 11.4 Å². The molecule has 0 saturated carbocycles. The van der Waals surface area contributed by atoms with Crippen LogP contribution in [-0.4, -0.2) is 20.7 Å². The molecule has 2 N–H and O–H groups in total. The molecule has 0 aliphatic rings. The number of sulfone groups is 1. The summed E-state index contributed by atoms with van der Waals surface area (Å²) in [5.41, 5.74) is 6.95. The maximum absolute atomic E-state index is 12.3. The molecule has 0 aliphatic carbocycles. The molecule has 1 aromatic rings. The quantitative estimate of drug-likeness (QED) is 0.896. The minimum Gasteiger partial charge on any atom is -0.330 e. The van der Waals surface area contributed by atoms with E-state index in [9.17, 15) is 8.42 Å². The fourth-order valence-corrected chi connectivity index (χ4v) is 3.92. The number of benzene rings is 1. The van der Waals surface area contributed by atoms with E-state index in [-0.39, 0.29) is 5.75 Å². The maximum atomic E-state index is 12.3. The zero-order valence-corrected chi connectivity index (χ0v) is 11.8. The smallest absolute Gasteiger partial charge is 0.179 e. The molecule has 0 aromatic heterocycles. The molecule has 0 aliphatic heterocycles. The van der Waals surface area contributed by atoms with Crippen LogP contribution in [0.1, 0.15) is 25.0 Å². The zero-order chi connectivity index (χ0) is 13.3.